The van der Waals surface area contributed by atoms with E-state index >= 15 is 0 Å². The molecule has 2 rings (SSSR count). The first-order valence-corrected chi connectivity index (χ1v) is 5.70. The average Bonchev–Trinajstić information content (AvgIpc) is 2.72. The van der Waals surface area contributed by atoms with Crippen molar-refractivity contribution in [3.63, 3.8) is 0 Å². The molecular formula is C13H12O7. The molecule has 7 nitrogen and oxygen atoms in total. The predicted molar refractivity (Wildman–Crippen MR) is 65.0 cm³/mol. The summed E-state index contributed by atoms with van der Waals surface area (Å²) in [6.45, 7) is -0.955. The molecule has 1 aromatic carbocycles. The predicted octanol–water partition coefficient (Wildman–Crippen LogP) is -0.154. The smallest absolute Gasteiger partial charge is 0.378 e. The van der Waals surface area contributed by atoms with Gasteiger partial charge in [-0.3, -0.25) is 4.79 Å². The van der Waals surface area contributed by atoms with E-state index in [4.69, 9.17) is 5.11 Å². The van der Waals surface area contributed by atoms with Crippen LogP contribution in [0.25, 0.3) is 0 Å². The Bertz CT molecular complexity index is 578. The summed E-state index contributed by atoms with van der Waals surface area (Å²) in [4.78, 5) is 23.7. The van der Waals surface area contributed by atoms with Gasteiger partial charge in [-0.05, 0) is 0 Å². The Morgan fingerprint density at radius 3 is 2.30 bits per heavy atom. The number of rotatable bonds is 4. The molecule has 0 radical (unpaired) electrons. The molecule has 1 aliphatic rings. The molecule has 0 unspecified atom stereocenters. The van der Waals surface area contributed by atoms with Crippen LogP contribution in [-0.2, 0) is 9.53 Å². The van der Waals surface area contributed by atoms with Gasteiger partial charge >= 0.3 is 5.97 Å². The van der Waals surface area contributed by atoms with E-state index < -0.39 is 41.6 Å². The van der Waals surface area contributed by atoms with Gasteiger partial charge in [0.1, 0.15) is 6.10 Å². The van der Waals surface area contributed by atoms with E-state index in [1.54, 1.807) is 6.07 Å². The number of cyclic esters (lactones) is 1. The third-order valence-electron chi connectivity index (χ3n) is 3.04. The average molecular weight is 280 g/mol. The number of carbonyl (C=O) groups excluding carboxylic acids is 2. The molecule has 1 heterocycles. The molecule has 7 heteroatoms. The third kappa shape index (κ3) is 1.84. The molecule has 0 saturated heterocycles. The highest BCUT2D eigenvalue weighted by molar-refractivity contribution is 6.09. The first-order chi connectivity index (χ1) is 9.45. The van der Waals surface area contributed by atoms with Crippen molar-refractivity contribution < 1.29 is 34.8 Å². The standard InChI is InChI=1S/C13H12O7/c14-6-8(15)13(11(18)9(16)12(19)20-13)10(17)7-4-2-1-3-5-7/h1-5,8,14-16,18H,6H2/t8-,13-/m0/s1. The Hall–Kier alpha value is -2.38. The maximum absolute atomic E-state index is 12.4. The van der Waals surface area contributed by atoms with Gasteiger partial charge in [0.15, 0.2) is 5.76 Å². The fourth-order valence-electron chi connectivity index (χ4n) is 1.98. The monoisotopic (exact) mass is 280 g/mol. The van der Waals surface area contributed by atoms with Gasteiger partial charge in [-0.15, -0.1) is 0 Å². The number of hydrogen-bond acceptors (Lipinski definition) is 7. The number of esters is 1. The molecule has 4 N–H and O–H groups in total. The van der Waals surface area contributed by atoms with Crippen LogP contribution < -0.4 is 0 Å². The van der Waals surface area contributed by atoms with Crippen LogP contribution in [0.2, 0.25) is 0 Å². The van der Waals surface area contributed by atoms with Gasteiger partial charge in [-0.1, -0.05) is 30.3 Å². The fraction of sp³-hybridized carbons (Fsp3) is 0.231. The highest BCUT2D eigenvalue weighted by Gasteiger charge is 2.59. The third-order valence-corrected chi connectivity index (χ3v) is 3.04. The first-order valence-electron chi connectivity index (χ1n) is 5.70. The summed E-state index contributed by atoms with van der Waals surface area (Å²) >= 11 is 0. The zero-order valence-corrected chi connectivity index (χ0v) is 10.2. The molecule has 20 heavy (non-hydrogen) atoms. The van der Waals surface area contributed by atoms with Crippen LogP contribution in [0.3, 0.4) is 0 Å². The van der Waals surface area contributed by atoms with Crippen LogP contribution in [0.1, 0.15) is 10.4 Å². The molecule has 1 aromatic rings. The number of Topliss-reactive ketones (excluding diaryl/α,β-unsaturated/α-hetero) is 1. The molecule has 0 fully saturated rings. The number of aliphatic hydroxyl groups excluding tert-OH is 4. The zero-order chi connectivity index (χ0) is 14.9. The SMILES string of the molecule is O=C1O[C@](C(=O)c2ccccc2)([C@@H](O)CO)C(O)=C1O. The molecule has 0 spiro atoms. The lowest BCUT2D eigenvalue weighted by Gasteiger charge is -2.29. The topological polar surface area (TPSA) is 124 Å². The molecule has 2 atom stereocenters. The lowest BCUT2D eigenvalue weighted by Crippen LogP contribution is -2.53. The van der Waals surface area contributed by atoms with Crippen LogP contribution in [0.5, 0.6) is 0 Å². The van der Waals surface area contributed by atoms with Crippen LogP contribution in [-0.4, -0.2) is 50.5 Å². The summed E-state index contributed by atoms with van der Waals surface area (Å²) in [6, 6.07) is 7.46. The van der Waals surface area contributed by atoms with Crippen molar-refractivity contribution in [1.29, 1.82) is 0 Å². The molecule has 0 amide bonds. The number of ether oxygens (including phenoxy) is 1. The van der Waals surface area contributed by atoms with E-state index in [0.29, 0.717) is 0 Å². The second-order valence-electron chi connectivity index (χ2n) is 4.22. The molecule has 1 aliphatic heterocycles. The Morgan fingerprint density at radius 1 is 1.25 bits per heavy atom. The summed E-state index contributed by atoms with van der Waals surface area (Å²) < 4.78 is 4.67. The summed E-state index contributed by atoms with van der Waals surface area (Å²) in [5.41, 5.74) is -2.49. The normalized spacial score (nSPS) is 23.6. The van der Waals surface area contributed by atoms with Crippen molar-refractivity contribution in [2.45, 2.75) is 11.7 Å². The van der Waals surface area contributed by atoms with Crippen molar-refractivity contribution in [2.75, 3.05) is 6.61 Å². The number of ketones is 1. The summed E-state index contributed by atoms with van der Waals surface area (Å²) in [5, 5.41) is 38.0. The van der Waals surface area contributed by atoms with Gasteiger partial charge < -0.3 is 25.2 Å². The van der Waals surface area contributed by atoms with Gasteiger partial charge in [0, 0.05) is 5.56 Å². The lowest BCUT2D eigenvalue weighted by molar-refractivity contribution is -0.156. The number of benzene rings is 1. The maximum Gasteiger partial charge on any atom is 0.378 e. The second-order valence-corrected chi connectivity index (χ2v) is 4.22. The Morgan fingerprint density at radius 2 is 1.85 bits per heavy atom. The van der Waals surface area contributed by atoms with Gasteiger partial charge in [0.05, 0.1) is 6.61 Å². The van der Waals surface area contributed by atoms with E-state index in [-0.39, 0.29) is 5.56 Å². The number of carbonyl (C=O) groups is 2. The molecular weight excluding hydrogens is 268 g/mol. The maximum atomic E-state index is 12.4. The highest BCUT2D eigenvalue weighted by Crippen LogP contribution is 2.36. The Balaban J connectivity index is 2.56. The molecule has 106 valence electrons. The quantitative estimate of drug-likeness (QED) is 0.446. The molecule has 0 bridgehead atoms. The second kappa shape index (κ2) is 4.95. The Labute approximate surface area is 113 Å². The summed E-state index contributed by atoms with van der Waals surface area (Å²) in [7, 11) is 0. The van der Waals surface area contributed by atoms with Gasteiger partial charge in [-0.25, -0.2) is 4.79 Å². The van der Waals surface area contributed by atoms with Crippen LogP contribution in [0.4, 0.5) is 0 Å². The molecule has 0 saturated carbocycles. The zero-order valence-electron chi connectivity index (χ0n) is 10.2. The summed E-state index contributed by atoms with van der Waals surface area (Å²) in [6.07, 6.45) is -1.91. The van der Waals surface area contributed by atoms with Crippen LogP contribution in [0, 0.1) is 0 Å². The van der Waals surface area contributed by atoms with Gasteiger partial charge in [0.25, 0.3) is 5.60 Å². The van der Waals surface area contributed by atoms with Crippen molar-refractivity contribution in [2.24, 2.45) is 0 Å². The van der Waals surface area contributed by atoms with Crippen molar-refractivity contribution in [1.82, 2.24) is 0 Å². The van der Waals surface area contributed by atoms with Crippen molar-refractivity contribution in [3.05, 3.63) is 47.4 Å². The molecule has 0 aromatic heterocycles. The summed E-state index contributed by atoms with van der Waals surface area (Å²) in [5.74, 6) is -4.58. The Kier molecular flexibility index (Phi) is 3.47. The molecule has 0 aliphatic carbocycles. The van der Waals surface area contributed by atoms with E-state index in [1.807, 2.05) is 0 Å². The van der Waals surface area contributed by atoms with E-state index in [0.717, 1.165) is 0 Å². The number of aliphatic hydroxyl groups is 4. The minimum atomic E-state index is -2.53. The fourth-order valence-corrected chi connectivity index (χ4v) is 1.98. The van der Waals surface area contributed by atoms with Crippen LogP contribution in [0.15, 0.2) is 41.9 Å². The minimum Gasteiger partial charge on any atom is -0.504 e. The van der Waals surface area contributed by atoms with Gasteiger partial charge in [-0.2, -0.15) is 0 Å². The van der Waals surface area contributed by atoms with E-state index in [2.05, 4.69) is 4.74 Å². The lowest BCUT2D eigenvalue weighted by atomic mass is 9.86. The number of hydrogen-bond donors (Lipinski definition) is 4. The minimum absolute atomic E-state index is 0.0362. The van der Waals surface area contributed by atoms with Crippen molar-refractivity contribution in [3.8, 4) is 0 Å². The highest BCUT2D eigenvalue weighted by atomic mass is 16.6. The van der Waals surface area contributed by atoms with Crippen LogP contribution >= 0.6 is 0 Å². The largest absolute Gasteiger partial charge is 0.504 e. The van der Waals surface area contributed by atoms with Crippen molar-refractivity contribution >= 4 is 11.8 Å². The van der Waals surface area contributed by atoms with Gasteiger partial charge in [0.2, 0.25) is 11.5 Å². The van der Waals surface area contributed by atoms with E-state index in [9.17, 15) is 24.9 Å². The van der Waals surface area contributed by atoms with E-state index in [1.165, 1.54) is 24.3 Å². The first kappa shape index (κ1) is 14.0.